The lowest BCUT2D eigenvalue weighted by Gasteiger charge is -2.29. The van der Waals surface area contributed by atoms with Crippen LogP contribution >= 0.6 is 15.9 Å². The number of pyridine rings is 1. The summed E-state index contributed by atoms with van der Waals surface area (Å²) < 4.78 is 6.20. The number of aromatic nitrogens is 1. The highest BCUT2D eigenvalue weighted by Crippen LogP contribution is 2.32. The molecule has 0 unspecified atom stereocenters. The average Bonchev–Trinajstić information content (AvgIpc) is 2.22. The lowest BCUT2D eigenvalue weighted by Crippen LogP contribution is -2.41. The fourth-order valence-electron chi connectivity index (χ4n) is 1.61. The Balaban J connectivity index is 2.36. The molecule has 2 rings (SSSR count). The average molecular weight is 285 g/mol. The van der Waals surface area contributed by atoms with Gasteiger partial charge in [-0.05, 0) is 27.9 Å². The number of anilines is 1. The molecule has 16 heavy (non-hydrogen) atoms. The molecule has 1 aliphatic rings. The first-order chi connectivity index (χ1) is 7.58. The fraction of sp³-hybridized carbons (Fsp3) is 0.455. The number of carbonyl (C=O) groups is 1. The Morgan fingerprint density at radius 2 is 2.38 bits per heavy atom. The topological polar surface area (TPSA) is 42.4 Å². The van der Waals surface area contributed by atoms with Gasteiger partial charge in [-0.1, -0.05) is 13.8 Å². The van der Waals surface area contributed by atoms with Crippen LogP contribution in [0.1, 0.15) is 13.8 Å². The van der Waals surface area contributed by atoms with Crippen LogP contribution in [-0.4, -0.2) is 24.0 Å². The van der Waals surface area contributed by atoms with Crippen molar-refractivity contribution in [3.05, 3.63) is 16.7 Å². The number of hydrogen-bond acceptors (Lipinski definition) is 3. The second-order valence-electron chi connectivity index (χ2n) is 4.16. The molecule has 0 atom stereocenters. The molecular weight excluding hydrogens is 272 g/mol. The van der Waals surface area contributed by atoms with Gasteiger partial charge in [0, 0.05) is 17.2 Å². The monoisotopic (exact) mass is 284 g/mol. The summed E-state index contributed by atoms with van der Waals surface area (Å²) in [5, 5.41) is 0. The summed E-state index contributed by atoms with van der Waals surface area (Å²) in [7, 11) is 0. The zero-order valence-corrected chi connectivity index (χ0v) is 10.8. The van der Waals surface area contributed by atoms with E-state index in [0.717, 1.165) is 4.47 Å². The third-order valence-electron chi connectivity index (χ3n) is 2.26. The molecule has 4 nitrogen and oxygen atoms in total. The molecule has 1 amide bonds. The van der Waals surface area contributed by atoms with E-state index in [2.05, 4.69) is 34.8 Å². The van der Waals surface area contributed by atoms with Gasteiger partial charge in [0.2, 0.25) is 0 Å². The first-order valence-electron chi connectivity index (χ1n) is 5.16. The van der Waals surface area contributed by atoms with E-state index in [4.69, 9.17) is 4.74 Å². The molecule has 1 aromatic heterocycles. The SMILES string of the molecule is CC(C)CN1C(=O)COc2cc(Br)cnc21. The van der Waals surface area contributed by atoms with Crippen molar-refractivity contribution in [3.63, 3.8) is 0 Å². The molecule has 0 saturated carbocycles. The lowest BCUT2D eigenvalue weighted by molar-refractivity contribution is -0.121. The maximum atomic E-state index is 11.7. The lowest BCUT2D eigenvalue weighted by atomic mass is 10.2. The van der Waals surface area contributed by atoms with Crippen molar-refractivity contribution in [2.24, 2.45) is 5.92 Å². The molecule has 5 heteroatoms. The zero-order valence-electron chi connectivity index (χ0n) is 9.24. The van der Waals surface area contributed by atoms with Crippen molar-refractivity contribution < 1.29 is 9.53 Å². The van der Waals surface area contributed by atoms with Gasteiger partial charge in [0.1, 0.15) is 0 Å². The van der Waals surface area contributed by atoms with Crippen molar-refractivity contribution >= 4 is 27.7 Å². The minimum absolute atomic E-state index is 0.0315. The Bertz CT molecular complexity index is 420. The Labute approximate surface area is 103 Å². The van der Waals surface area contributed by atoms with Crippen LogP contribution in [0.5, 0.6) is 5.75 Å². The Kier molecular flexibility index (Phi) is 3.14. The maximum Gasteiger partial charge on any atom is 0.266 e. The minimum atomic E-state index is -0.0315. The van der Waals surface area contributed by atoms with Gasteiger partial charge in [-0.3, -0.25) is 9.69 Å². The number of nitrogens with zero attached hydrogens (tertiary/aromatic N) is 2. The highest BCUT2D eigenvalue weighted by molar-refractivity contribution is 9.10. The number of ether oxygens (including phenoxy) is 1. The fourth-order valence-corrected chi connectivity index (χ4v) is 1.92. The number of hydrogen-bond donors (Lipinski definition) is 0. The van der Waals surface area contributed by atoms with E-state index in [9.17, 15) is 4.79 Å². The largest absolute Gasteiger partial charge is 0.480 e. The molecule has 1 aromatic rings. The molecule has 86 valence electrons. The minimum Gasteiger partial charge on any atom is -0.480 e. The van der Waals surface area contributed by atoms with Crippen molar-refractivity contribution in [2.45, 2.75) is 13.8 Å². The molecular formula is C11H13BrN2O2. The molecule has 0 fully saturated rings. The third-order valence-corrected chi connectivity index (χ3v) is 2.69. The molecule has 0 radical (unpaired) electrons. The quantitative estimate of drug-likeness (QED) is 0.836. The molecule has 2 heterocycles. The second-order valence-corrected chi connectivity index (χ2v) is 5.08. The van der Waals surface area contributed by atoms with E-state index >= 15 is 0 Å². The van der Waals surface area contributed by atoms with Gasteiger partial charge >= 0.3 is 0 Å². The van der Waals surface area contributed by atoms with Gasteiger partial charge < -0.3 is 4.74 Å². The molecule has 0 aliphatic carbocycles. The molecule has 1 aliphatic heterocycles. The Hall–Kier alpha value is -1.10. The van der Waals surface area contributed by atoms with E-state index < -0.39 is 0 Å². The zero-order chi connectivity index (χ0) is 11.7. The summed E-state index contributed by atoms with van der Waals surface area (Å²) in [6.07, 6.45) is 1.67. The van der Waals surface area contributed by atoms with Crippen molar-refractivity contribution in [1.29, 1.82) is 0 Å². The van der Waals surface area contributed by atoms with Gasteiger partial charge in [0.25, 0.3) is 5.91 Å². The highest BCUT2D eigenvalue weighted by atomic mass is 79.9. The Morgan fingerprint density at radius 3 is 3.06 bits per heavy atom. The molecule has 0 spiro atoms. The predicted octanol–water partition coefficient (Wildman–Crippen LogP) is 2.23. The van der Waals surface area contributed by atoms with Crippen LogP contribution in [0.15, 0.2) is 16.7 Å². The first-order valence-corrected chi connectivity index (χ1v) is 5.96. The Morgan fingerprint density at radius 1 is 1.62 bits per heavy atom. The third kappa shape index (κ3) is 2.19. The number of carbonyl (C=O) groups excluding carboxylic acids is 1. The van der Waals surface area contributed by atoms with E-state index in [0.29, 0.717) is 24.0 Å². The molecule has 0 N–H and O–H groups in total. The van der Waals surface area contributed by atoms with Crippen molar-refractivity contribution in [2.75, 3.05) is 18.1 Å². The van der Waals surface area contributed by atoms with Crippen LogP contribution in [-0.2, 0) is 4.79 Å². The van der Waals surface area contributed by atoms with Crippen LogP contribution in [0.2, 0.25) is 0 Å². The first kappa shape index (κ1) is 11.4. The number of rotatable bonds is 2. The number of halogens is 1. The molecule has 0 aromatic carbocycles. The smallest absolute Gasteiger partial charge is 0.266 e. The van der Waals surface area contributed by atoms with Crippen molar-refractivity contribution in [1.82, 2.24) is 4.98 Å². The highest BCUT2D eigenvalue weighted by Gasteiger charge is 2.27. The van der Waals surface area contributed by atoms with E-state index in [1.54, 1.807) is 11.1 Å². The van der Waals surface area contributed by atoms with E-state index in [-0.39, 0.29) is 12.5 Å². The van der Waals surface area contributed by atoms with E-state index in [1.165, 1.54) is 0 Å². The summed E-state index contributed by atoms with van der Waals surface area (Å²) in [5.41, 5.74) is 0. The normalized spacial score (nSPS) is 15.0. The van der Waals surface area contributed by atoms with Gasteiger partial charge in [0.15, 0.2) is 18.2 Å². The van der Waals surface area contributed by atoms with Gasteiger partial charge in [-0.2, -0.15) is 0 Å². The maximum absolute atomic E-state index is 11.7. The molecule has 0 saturated heterocycles. The summed E-state index contributed by atoms with van der Waals surface area (Å²) in [5.74, 6) is 1.65. The summed E-state index contributed by atoms with van der Waals surface area (Å²) >= 11 is 3.33. The van der Waals surface area contributed by atoms with Crippen LogP contribution in [0.3, 0.4) is 0 Å². The number of fused-ring (bicyclic) bond motifs is 1. The van der Waals surface area contributed by atoms with Crippen LogP contribution in [0.4, 0.5) is 5.82 Å². The summed E-state index contributed by atoms with van der Waals surface area (Å²) in [6, 6.07) is 1.84. The predicted molar refractivity (Wildman–Crippen MR) is 64.6 cm³/mol. The van der Waals surface area contributed by atoms with Crippen molar-refractivity contribution in [3.8, 4) is 5.75 Å². The van der Waals surface area contributed by atoms with E-state index in [1.807, 2.05) is 6.07 Å². The summed E-state index contributed by atoms with van der Waals surface area (Å²) in [6.45, 7) is 4.91. The van der Waals surface area contributed by atoms with Gasteiger partial charge in [-0.25, -0.2) is 4.98 Å². The molecule has 0 bridgehead atoms. The van der Waals surface area contributed by atoms with Crippen LogP contribution in [0, 0.1) is 5.92 Å². The van der Waals surface area contributed by atoms with Crippen LogP contribution < -0.4 is 9.64 Å². The van der Waals surface area contributed by atoms with Gasteiger partial charge in [-0.15, -0.1) is 0 Å². The van der Waals surface area contributed by atoms with Gasteiger partial charge in [0.05, 0.1) is 0 Å². The summed E-state index contributed by atoms with van der Waals surface area (Å²) in [4.78, 5) is 17.7. The standard InChI is InChI=1S/C11H13BrN2O2/c1-7(2)5-14-10(15)6-16-9-3-8(12)4-13-11(9)14/h3-4,7H,5-6H2,1-2H3. The second kappa shape index (κ2) is 4.41. The number of amides is 1. The van der Waals surface area contributed by atoms with Crippen LogP contribution in [0.25, 0.3) is 0 Å².